The second-order valence-corrected chi connectivity index (χ2v) is 5.40. The average molecular weight is 246 g/mol. The molecule has 1 aromatic carbocycles. The van der Waals surface area contributed by atoms with E-state index < -0.39 is 0 Å². The summed E-state index contributed by atoms with van der Waals surface area (Å²) in [5, 5.41) is 3.49. The number of benzene rings is 1. The van der Waals surface area contributed by atoms with Crippen LogP contribution in [-0.2, 0) is 0 Å². The molecule has 0 aromatic heterocycles. The highest BCUT2D eigenvalue weighted by Crippen LogP contribution is 2.24. The number of likely N-dealkylation sites (N-methyl/N-ethyl adjacent to an activating group) is 1. The number of nitrogens with one attached hydrogen (secondary N) is 1. The molecule has 0 saturated carbocycles. The Labute approximate surface area is 111 Å². The summed E-state index contributed by atoms with van der Waals surface area (Å²) in [4.78, 5) is 2.66. The summed E-state index contributed by atoms with van der Waals surface area (Å²) in [6.45, 7) is 6.93. The topological polar surface area (TPSA) is 15.3 Å². The summed E-state index contributed by atoms with van der Waals surface area (Å²) in [5.74, 6) is 0. The van der Waals surface area contributed by atoms with Crippen LogP contribution in [0.15, 0.2) is 24.3 Å². The molecule has 0 spiro atoms. The Morgan fingerprint density at radius 2 is 2.17 bits per heavy atom. The third-order valence-corrected chi connectivity index (χ3v) is 4.30. The Morgan fingerprint density at radius 1 is 1.39 bits per heavy atom. The minimum atomic E-state index is 0.457. The monoisotopic (exact) mass is 246 g/mol. The van der Waals surface area contributed by atoms with E-state index in [1.165, 1.54) is 36.9 Å². The van der Waals surface area contributed by atoms with E-state index in [1.54, 1.807) is 0 Å². The average Bonchev–Trinajstić information content (AvgIpc) is 2.84. The molecular weight excluding hydrogens is 220 g/mol. The van der Waals surface area contributed by atoms with Gasteiger partial charge in [-0.2, -0.15) is 0 Å². The summed E-state index contributed by atoms with van der Waals surface area (Å²) < 4.78 is 0. The van der Waals surface area contributed by atoms with Gasteiger partial charge in [-0.25, -0.2) is 0 Å². The lowest BCUT2D eigenvalue weighted by atomic mass is 10.0. The van der Waals surface area contributed by atoms with Gasteiger partial charge in [-0.15, -0.1) is 0 Å². The molecular formula is C16H26N2. The van der Waals surface area contributed by atoms with E-state index in [4.69, 9.17) is 0 Å². The van der Waals surface area contributed by atoms with Gasteiger partial charge in [0, 0.05) is 18.6 Å². The molecule has 100 valence electrons. The first-order valence-electron chi connectivity index (χ1n) is 7.23. The van der Waals surface area contributed by atoms with Gasteiger partial charge in [0.05, 0.1) is 0 Å². The standard InChI is InChI=1S/C16H26N2/c1-4-14-9-7-11-18(14)12-16(17-3)15-10-6-5-8-13(15)2/h5-6,8,10,14,16-17H,4,7,9,11-12H2,1-3H3. The van der Waals surface area contributed by atoms with Crippen LogP contribution in [0.4, 0.5) is 0 Å². The highest BCUT2D eigenvalue weighted by atomic mass is 15.2. The summed E-state index contributed by atoms with van der Waals surface area (Å²) in [5.41, 5.74) is 2.84. The van der Waals surface area contributed by atoms with Gasteiger partial charge in [-0.1, -0.05) is 31.2 Å². The van der Waals surface area contributed by atoms with Crippen LogP contribution in [0.5, 0.6) is 0 Å². The van der Waals surface area contributed by atoms with E-state index in [-0.39, 0.29) is 0 Å². The normalized spacial score (nSPS) is 22.3. The molecule has 0 amide bonds. The van der Waals surface area contributed by atoms with Crippen LogP contribution in [0.1, 0.15) is 43.4 Å². The number of likely N-dealkylation sites (tertiary alicyclic amines) is 1. The predicted octanol–water partition coefficient (Wildman–Crippen LogP) is 3.13. The minimum absolute atomic E-state index is 0.457. The molecule has 1 fully saturated rings. The van der Waals surface area contributed by atoms with Crippen molar-refractivity contribution >= 4 is 0 Å². The van der Waals surface area contributed by atoms with Crippen molar-refractivity contribution in [3.8, 4) is 0 Å². The maximum atomic E-state index is 3.49. The van der Waals surface area contributed by atoms with Crippen molar-refractivity contribution in [2.24, 2.45) is 0 Å². The molecule has 2 atom stereocenters. The van der Waals surface area contributed by atoms with Crippen molar-refractivity contribution in [3.05, 3.63) is 35.4 Å². The fraction of sp³-hybridized carbons (Fsp3) is 0.625. The highest BCUT2D eigenvalue weighted by Gasteiger charge is 2.25. The molecule has 18 heavy (non-hydrogen) atoms. The number of nitrogens with zero attached hydrogens (tertiary/aromatic N) is 1. The zero-order valence-corrected chi connectivity index (χ0v) is 11.9. The third-order valence-electron chi connectivity index (χ3n) is 4.30. The Bertz CT molecular complexity index is 375. The van der Waals surface area contributed by atoms with Crippen molar-refractivity contribution in [1.82, 2.24) is 10.2 Å². The maximum absolute atomic E-state index is 3.49. The number of aryl methyl sites for hydroxylation is 1. The SMILES string of the molecule is CCC1CCCN1CC(NC)c1ccccc1C. The van der Waals surface area contributed by atoms with Gasteiger partial charge in [-0.05, 0) is 50.9 Å². The molecule has 2 nitrogen and oxygen atoms in total. The van der Waals surface area contributed by atoms with Crippen LogP contribution in [0, 0.1) is 6.92 Å². The van der Waals surface area contributed by atoms with E-state index in [2.05, 4.69) is 55.4 Å². The van der Waals surface area contributed by atoms with E-state index in [0.29, 0.717) is 6.04 Å². The Morgan fingerprint density at radius 3 is 2.83 bits per heavy atom. The molecule has 2 rings (SSSR count). The zero-order chi connectivity index (χ0) is 13.0. The van der Waals surface area contributed by atoms with Gasteiger partial charge in [0.25, 0.3) is 0 Å². The summed E-state index contributed by atoms with van der Waals surface area (Å²) in [6.07, 6.45) is 4.02. The van der Waals surface area contributed by atoms with Gasteiger partial charge >= 0.3 is 0 Å². The Balaban J connectivity index is 2.08. The van der Waals surface area contributed by atoms with Crippen LogP contribution in [-0.4, -0.2) is 31.1 Å². The van der Waals surface area contributed by atoms with Crippen molar-refractivity contribution < 1.29 is 0 Å². The number of hydrogen-bond acceptors (Lipinski definition) is 2. The quantitative estimate of drug-likeness (QED) is 0.858. The van der Waals surface area contributed by atoms with Gasteiger partial charge in [0.1, 0.15) is 0 Å². The Kier molecular flexibility index (Phi) is 4.79. The van der Waals surface area contributed by atoms with E-state index in [1.807, 2.05) is 0 Å². The van der Waals surface area contributed by atoms with Gasteiger partial charge in [0.15, 0.2) is 0 Å². The van der Waals surface area contributed by atoms with E-state index >= 15 is 0 Å². The molecule has 1 N–H and O–H groups in total. The first kappa shape index (κ1) is 13.6. The van der Waals surface area contributed by atoms with Crippen molar-refractivity contribution in [3.63, 3.8) is 0 Å². The van der Waals surface area contributed by atoms with Crippen LogP contribution in [0.2, 0.25) is 0 Å². The van der Waals surface area contributed by atoms with Gasteiger partial charge in [0.2, 0.25) is 0 Å². The molecule has 1 aliphatic heterocycles. The molecule has 0 radical (unpaired) electrons. The van der Waals surface area contributed by atoms with Gasteiger partial charge in [-0.3, -0.25) is 4.90 Å². The Hall–Kier alpha value is -0.860. The van der Waals surface area contributed by atoms with Crippen molar-refractivity contribution in [1.29, 1.82) is 0 Å². The summed E-state index contributed by atoms with van der Waals surface area (Å²) in [7, 11) is 2.08. The number of rotatable bonds is 5. The highest BCUT2D eigenvalue weighted by molar-refractivity contribution is 5.29. The number of hydrogen-bond donors (Lipinski definition) is 1. The van der Waals surface area contributed by atoms with Crippen LogP contribution in [0.25, 0.3) is 0 Å². The van der Waals surface area contributed by atoms with E-state index in [0.717, 1.165) is 12.6 Å². The summed E-state index contributed by atoms with van der Waals surface area (Å²) >= 11 is 0. The first-order valence-corrected chi connectivity index (χ1v) is 7.23. The molecule has 2 unspecified atom stereocenters. The van der Waals surface area contributed by atoms with Gasteiger partial charge < -0.3 is 5.32 Å². The van der Waals surface area contributed by atoms with Crippen LogP contribution < -0.4 is 5.32 Å². The maximum Gasteiger partial charge on any atom is 0.0449 e. The zero-order valence-electron chi connectivity index (χ0n) is 11.9. The molecule has 1 aliphatic rings. The first-order chi connectivity index (χ1) is 8.76. The molecule has 1 heterocycles. The summed E-state index contributed by atoms with van der Waals surface area (Å²) in [6, 6.07) is 9.99. The molecule has 1 aromatic rings. The second kappa shape index (κ2) is 6.35. The second-order valence-electron chi connectivity index (χ2n) is 5.40. The molecule has 1 saturated heterocycles. The van der Waals surface area contributed by atoms with Crippen LogP contribution >= 0.6 is 0 Å². The fourth-order valence-corrected chi connectivity index (χ4v) is 3.16. The minimum Gasteiger partial charge on any atom is -0.312 e. The lowest BCUT2D eigenvalue weighted by molar-refractivity contribution is 0.224. The third kappa shape index (κ3) is 2.93. The smallest absolute Gasteiger partial charge is 0.0449 e. The largest absolute Gasteiger partial charge is 0.312 e. The van der Waals surface area contributed by atoms with E-state index in [9.17, 15) is 0 Å². The van der Waals surface area contributed by atoms with Crippen LogP contribution in [0.3, 0.4) is 0 Å². The molecule has 2 heteroatoms. The molecule has 0 bridgehead atoms. The van der Waals surface area contributed by atoms with Crippen molar-refractivity contribution in [2.45, 2.75) is 45.2 Å². The lowest BCUT2D eigenvalue weighted by Gasteiger charge is -2.29. The van der Waals surface area contributed by atoms with Crippen molar-refractivity contribution in [2.75, 3.05) is 20.1 Å². The lowest BCUT2D eigenvalue weighted by Crippen LogP contribution is -2.37. The molecule has 0 aliphatic carbocycles. The fourth-order valence-electron chi connectivity index (χ4n) is 3.16. The predicted molar refractivity (Wildman–Crippen MR) is 77.9 cm³/mol.